The average Bonchev–Trinajstić information content (AvgIpc) is 2.28. The van der Waals surface area contributed by atoms with Crippen molar-refractivity contribution in [2.75, 3.05) is 20.0 Å². The van der Waals surface area contributed by atoms with Crippen LogP contribution in [0.25, 0.3) is 0 Å². The molecule has 1 saturated carbocycles. The summed E-state index contributed by atoms with van der Waals surface area (Å²) in [4.78, 5) is 0. The molecule has 0 saturated heterocycles. The summed E-state index contributed by atoms with van der Waals surface area (Å²) in [6.45, 7) is 2.68. The van der Waals surface area contributed by atoms with E-state index in [1.165, 1.54) is 6.26 Å². The fourth-order valence-electron chi connectivity index (χ4n) is 2.88. The van der Waals surface area contributed by atoms with Gasteiger partial charge in [-0.05, 0) is 37.5 Å². The van der Waals surface area contributed by atoms with Crippen LogP contribution in [0, 0.1) is 11.8 Å². The minimum absolute atomic E-state index is 0.123. The lowest BCUT2D eigenvalue weighted by Gasteiger charge is -2.32. The monoisotopic (exact) mass is 278 g/mol. The van der Waals surface area contributed by atoms with Crippen LogP contribution in [-0.2, 0) is 14.6 Å². The van der Waals surface area contributed by atoms with Crippen LogP contribution in [0.1, 0.15) is 39.0 Å². The van der Waals surface area contributed by atoms with Gasteiger partial charge in [0.25, 0.3) is 0 Å². The lowest BCUT2D eigenvalue weighted by atomic mass is 9.82. The molecule has 4 unspecified atom stereocenters. The van der Waals surface area contributed by atoms with Crippen molar-refractivity contribution < 1.29 is 18.3 Å². The van der Waals surface area contributed by atoms with Crippen LogP contribution in [0.2, 0.25) is 0 Å². The minimum atomic E-state index is -2.97. The molecule has 1 fully saturated rings. The van der Waals surface area contributed by atoms with Gasteiger partial charge in [-0.15, -0.1) is 0 Å². The molecule has 5 heteroatoms. The highest BCUT2D eigenvalue weighted by atomic mass is 32.2. The van der Waals surface area contributed by atoms with E-state index in [0.717, 1.165) is 19.3 Å². The molecular formula is C13H26O4S. The number of aliphatic hydroxyl groups excluding tert-OH is 1. The Balaban J connectivity index is 2.50. The second kappa shape index (κ2) is 6.87. The Morgan fingerprint density at radius 1 is 1.39 bits per heavy atom. The van der Waals surface area contributed by atoms with Crippen LogP contribution >= 0.6 is 0 Å². The van der Waals surface area contributed by atoms with Crippen LogP contribution in [-0.4, -0.2) is 44.9 Å². The lowest BCUT2D eigenvalue weighted by molar-refractivity contribution is 0.0485. The van der Waals surface area contributed by atoms with Crippen LogP contribution in [0.5, 0.6) is 0 Å². The van der Waals surface area contributed by atoms with E-state index >= 15 is 0 Å². The fraction of sp³-hybridized carbons (Fsp3) is 1.00. The van der Waals surface area contributed by atoms with E-state index < -0.39 is 15.9 Å². The summed E-state index contributed by atoms with van der Waals surface area (Å²) >= 11 is 0. The largest absolute Gasteiger partial charge is 0.393 e. The van der Waals surface area contributed by atoms with E-state index in [0.29, 0.717) is 25.4 Å². The maximum atomic E-state index is 11.6. The first kappa shape index (κ1) is 15.9. The molecule has 0 spiro atoms. The van der Waals surface area contributed by atoms with Gasteiger partial charge in [0, 0.05) is 20.0 Å². The molecule has 0 aromatic heterocycles. The molecule has 0 aromatic rings. The zero-order valence-corrected chi connectivity index (χ0v) is 12.4. The summed E-state index contributed by atoms with van der Waals surface area (Å²) in [5, 5.41) is 9.94. The number of methoxy groups -OCH3 is 1. The van der Waals surface area contributed by atoms with Gasteiger partial charge in [-0.1, -0.05) is 13.3 Å². The Bertz CT molecular complexity index is 339. The number of ether oxygens (including phenoxy) is 1. The molecule has 0 radical (unpaired) electrons. The quantitative estimate of drug-likeness (QED) is 0.802. The van der Waals surface area contributed by atoms with Gasteiger partial charge >= 0.3 is 0 Å². The molecule has 108 valence electrons. The number of hydrogen-bond acceptors (Lipinski definition) is 4. The second-order valence-corrected chi connectivity index (χ2v) is 8.07. The third-order valence-corrected chi connectivity index (χ3v) is 5.55. The summed E-state index contributed by atoms with van der Waals surface area (Å²) in [6.07, 6.45) is 4.79. The van der Waals surface area contributed by atoms with E-state index in [2.05, 4.69) is 0 Å². The molecule has 0 heterocycles. The lowest BCUT2D eigenvalue weighted by Crippen LogP contribution is -2.34. The predicted molar refractivity (Wildman–Crippen MR) is 72.3 cm³/mol. The van der Waals surface area contributed by atoms with Gasteiger partial charge in [0.15, 0.2) is 0 Å². The van der Waals surface area contributed by atoms with Gasteiger partial charge in [-0.3, -0.25) is 0 Å². The SMILES string of the molecule is COCC(C)CC(O)C1CCCC(S(C)(=O)=O)C1. The van der Waals surface area contributed by atoms with Crippen molar-refractivity contribution >= 4 is 9.84 Å². The van der Waals surface area contributed by atoms with Crippen LogP contribution in [0.4, 0.5) is 0 Å². The van der Waals surface area contributed by atoms with Crippen LogP contribution in [0.3, 0.4) is 0 Å². The molecule has 4 atom stereocenters. The molecule has 1 aliphatic carbocycles. The van der Waals surface area contributed by atoms with Gasteiger partial charge in [0.1, 0.15) is 9.84 Å². The maximum Gasteiger partial charge on any atom is 0.150 e. The van der Waals surface area contributed by atoms with Gasteiger partial charge in [-0.25, -0.2) is 8.42 Å². The summed E-state index contributed by atoms with van der Waals surface area (Å²) in [6, 6.07) is 0. The summed E-state index contributed by atoms with van der Waals surface area (Å²) in [7, 11) is -1.31. The summed E-state index contributed by atoms with van der Waals surface area (Å²) < 4.78 is 28.2. The summed E-state index contributed by atoms with van der Waals surface area (Å²) in [5.41, 5.74) is 0. The molecular weight excluding hydrogens is 252 g/mol. The predicted octanol–water partition coefficient (Wildman–Crippen LogP) is 1.62. The van der Waals surface area contributed by atoms with Gasteiger partial charge in [-0.2, -0.15) is 0 Å². The average molecular weight is 278 g/mol. The van der Waals surface area contributed by atoms with Crippen molar-refractivity contribution in [1.82, 2.24) is 0 Å². The molecule has 0 bridgehead atoms. The first-order chi connectivity index (χ1) is 8.34. The molecule has 4 nitrogen and oxygen atoms in total. The van der Waals surface area contributed by atoms with Gasteiger partial charge in [0.05, 0.1) is 11.4 Å². The van der Waals surface area contributed by atoms with Crippen molar-refractivity contribution in [2.45, 2.75) is 50.4 Å². The third-order valence-electron chi connectivity index (χ3n) is 3.91. The summed E-state index contributed by atoms with van der Waals surface area (Å²) in [5.74, 6) is 0.432. The minimum Gasteiger partial charge on any atom is -0.393 e. The van der Waals surface area contributed by atoms with Crippen LogP contribution in [0.15, 0.2) is 0 Å². The Hall–Kier alpha value is -0.130. The molecule has 1 N–H and O–H groups in total. The van der Waals surface area contributed by atoms with Crippen molar-refractivity contribution in [3.63, 3.8) is 0 Å². The van der Waals surface area contributed by atoms with E-state index in [1.807, 2.05) is 6.92 Å². The van der Waals surface area contributed by atoms with Gasteiger partial charge < -0.3 is 9.84 Å². The highest BCUT2D eigenvalue weighted by Gasteiger charge is 2.32. The third kappa shape index (κ3) is 4.86. The number of aliphatic hydroxyl groups is 1. The Kier molecular flexibility index (Phi) is 6.08. The zero-order valence-electron chi connectivity index (χ0n) is 11.6. The number of sulfone groups is 1. The second-order valence-electron chi connectivity index (χ2n) is 5.74. The highest BCUT2D eigenvalue weighted by molar-refractivity contribution is 7.91. The maximum absolute atomic E-state index is 11.6. The van der Waals surface area contributed by atoms with Crippen molar-refractivity contribution in [1.29, 1.82) is 0 Å². The van der Waals surface area contributed by atoms with E-state index in [9.17, 15) is 13.5 Å². The van der Waals surface area contributed by atoms with Crippen LogP contribution < -0.4 is 0 Å². The normalized spacial score (nSPS) is 28.9. The first-order valence-corrected chi connectivity index (χ1v) is 8.66. The molecule has 0 aromatic carbocycles. The standard InChI is InChI=1S/C13H26O4S/c1-10(9-17-2)7-13(14)11-5-4-6-12(8-11)18(3,15)16/h10-14H,4-9H2,1-3H3. The smallest absolute Gasteiger partial charge is 0.150 e. The van der Waals surface area contributed by atoms with E-state index in [1.54, 1.807) is 7.11 Å². The molecule has 0 amide bonds. The van der Waals surface area contributed by atoms with Gasteiger partial charge in [0.2, 0.25) is 0 Å². The zero-order chi connectivity index (χ0) is 13.8. The van der Waals surface area contributed by atoms with Crippen molar-refractivity contribution in [3.8, 4) is 0 Å². The molecule has 0 aliphatic heterocycles. The highest BCUT2D eigenvalue weighted by Crippen LogP contribution is 2.32. The van der Waals surface area contributed by atoms with E-state index in [4.69, 9.17) is 4.74 Å². The molecule has 18 heavy (non-hydrogen) atoms. The number of rotatable bonds is 6. The fourth-order valence-corrected chi connectivity index (χ4v) is 4.07. The Morgan fingerprint density at radius 2 is 2.06 bits per heavy atom. The first-order valence-electron chi connectivity index (χ1n) is 6.70. The van der Waals surface area contributed by atoms with E-state index in [-0.39, 0.29) is 11.2 Å². The Labute approximate surface area is 111 Å². The number of hydrogen-bond donors (Lipinski definition) is 1. The topological polar surface area (TPSA) is 63.6 Å². The molecule has 1 aliphatic rings. The Morgan fingerprint density at radius 3 is 2.61 bits per heavy atom. The molecule has 1 rings (SSSR count). The van der Waals surface area contributed by atoms with Crippen molar-refractivity contribution in [3.05, 3.63) is 0 Å². The van der Waals surface area contributed by atoms with Crippen molar-refractivity contribution in [2.24, 2.45) is 11.8 Å².